The molecule has 0 aliphatic heterocycles. The van der Waals surface area contributed by atoms with Crippen LogP contribution in [0.25, 0.3) is 0 Å². The van der Waals surface area contributed by atoms with Crippen LogP contribution in [0.2, 0.25) is 0 Å². The average Bonchev–Trinajstić information content (AvgIpc) is 2.48. The summed E-state index contributed by atoms with van der Waals surface area (Å²) < 4.78 is 5.74. The van der Waals surface area contributed by atoms with Crippen LogP contribution in [0.1, 0.15) is 19.4 Å². The monoisotopic (exact) mass is 270 g/mol. The summed E-state index contributed by atoms with van der Waals surface area (Å²) in [7, 11) is 0. The van der Waals surface area contributed by atoms with Gasteiger partial charge in [0.05, 0.1) is 11.9 Å². The first-order valence-electron chi connectivity index (χ1n) is 6.66. The van der Waals surface area contributed by atoms with Gasteiger partial charge in [-0.3, -0.25) is 9.78 Å². The Morgan fingerprint density at radius 3 is 2.80 bits per heavy atom. The Morgan fingerprint density at radius 2 is 2.10 bits per heavy atom. The Kier molecular flexibility index (Phi) is 4.71. The summed E-state index contributed by atoms with van der Waals surface area (Å²) in [5.41, 5.74) is 1.75. The summed E-state index contributed by atoms with van der Waals surface area (Å²) in [6, 6.07) is 11.3. The van der Waals surface area contributed by atoms with Crippen LogP contribution in [0.15, 0.2) is 48.8 Å². The predicted octanol–water partition coefficient (Wildman–Crippen LogP) is 3.05. The number of aryl methyl sites for hydroxylation is 1. The van der Waals surface area contributed by atoms with Gasteiger partial charge in [-0.2, -0.15) is 0 Å². The number of nitrogens with one attached hydrogen (secondary N) is 1. The molecule has 2 aromatic rings. The summed E-state index contributed by atoms with van der Waals surface area (Å²) >= 11 is 0. The number of carbonyl (C=O) groups excluding carboxylic acids is 1. The molecule has 4 nitrogen and oxygen atoms in total. The first kappa shape index (κ1) is 14.1. The number of carbonyl (C=O) groups is 1. The molecule has 0 saturated heterocycles. The van der Waals surface area contributed by atoms with Gasteiger partial charge in [0.2, 0.25) is 0 Å². The normalized spacial score (nSPS) is 11.7. The van der Waals surface area contributed by atoms with Crippen LogP contribution >= 0.6 is 0 Å². The van der Waals surface area contributed by atoms with Gasteiger partial charge in [0.25, 0.3) is 5.91 Å². The van der Waals surface area contributed by atoms with Gasteiger partial charge in [-0.15, -0.1) is 0 Å². The first-order chi connectivity index (χ1) is 9.70. The summed E-state index contributed by atoms with van der Waals surface area (Å²) in [6.07, 6.45) is 3.56. The predicted molar refractivity (Wildman–Crippen MR) is 78.8 cm³/mol. The molecular weight excluding hydrogens is 252 g/mol. The fourth-order valence-corrected chi connectivity index (χ4v) is 1.84. The maximum atomic E-state index is 12.1. The standard InChI is InChI=1S/C16H18N2O2/c1-3-13-7-4-5-9-15(13)20-12(2)16(19)18-14-8-6-10-17-11-14/h4-12H,3H2,1-2H3,(H,18,19). The number of benzene rings is 1. The molecule has 0 aliphatic rings. The van der Waals surface area contributed by atoms with Crippen LogP contribution in [0.5, 0.6) is 5.75 Å². The first-order valence-corrected chi connectivity index (χ1v) is 6.66. The van der Waals surface area contributed by atoms with Crippen LogP contribution in [0.4, 0.5) is 5.69 Å². The Bertz CT molecular complexity index is 570. The number of ether oxygens (including phenoxy) is 1. The lowest BCUT2D eigenvalue weighted by Gasteiger charge is -2.16. The highest BCUT2D eigenvalue weighted by molar-refractivity contribution is 5.93. The zero-order chi connectivity index (χ0) is 14.4. The van der Waals surface area contributed by atoms with Crippen LogP contribution < -0.4 is 10.1 Å². The van der Waals surface area contributed by atoms with Crippen molar-refractivity contribution >= 4 is 11.6 Å². The number of amides is 1. The van der Waals surface area contributed by atoms with Crippen molar-refractivity contribution in [2.24, 2.45) is 0 Å². The number of hydrogen-bond acceptors (Lipinski definition) is 3. The van der Waals surface area contributed by atoms with Crippen molar-refractivity contribution < 1.29 is 9.53 Å². The van der Waals surface area contributed by atoms with E-state index in [0.717, 1.165) is 17.7 Å². The van der Waals surface area contributed by atoms with Crippen molar-refractivity contribution in [2.45, 2.75) is 26.4 Å². The second kappa shape index (κ2) is 6.70. The molecule has 1 aromatic carbocycles. The molecule has 4 heteroatoms. The minimum atomic E-state index is -0.567. The molecule has 0 spiro atoms. The van der Waals surface area contributed by atoms with Gasteiger partial charge in [0.1, 0.15) is 5.75 Å². The van der Waals surface area contributed by atoms with E-state index in [1.165, 1.54) is 0 Å². The van der Waals surface area contributed by atoms with Crippen molar-refractivity contribution in [3.63, 3.8) is 0 Å². The highest BCUT2D eigenvalue weighted by atomic mass is 16.5. The van der Waals surface area contributed by atoms with E-state index in [0.29, 0.717) is 5.69 Å². The highest BCUT2D eigenvalue weighted by Crippen LogP contribution is 2.20. The van der Waals surface area contributed by atoms with Gasteiger partial charge in [-0.25, -0.2) is 0 Å². The van der Waals surface area contributed by atoms with Gasteiger partial charge in [-0.1, -0.05) is 25.1 Å². The third-order valence-electron chi connectivity index (χ3n) is 2.96. The molecular formula is C16H18N2O2. The highest BCUT2D eigenvalue weighted by Gasteiger charge is 2.16. The van der Waals surface area contributed by atoms with Gasteiger partial charge in [-0.05, 0) is 37.1 Å². The summed E-state index contributed by atoms with van der Waals surface area (Å²) in [5.74, 6) is 0.563. The maximum absolute atomic E-state index is 12.1. The molecule has 0 bridgehead atoms. The molecule has 0 fully saturated rings. The van der Waals surface area contributed by atoms with E-state index in [-0.39, 0.29) is 5.91 Å². The quantitative estimate of drug-likeness (QED) is 0.908. The van der Waals surface area contributed by atoms with E-state index < -0.39 is 6.10 Å². The smallest absolute Gasteiger partial charge is 0.265 e. The number of rotatable bonds is 5. The third kappa shape index (κ3) is 3.57. The lowest BCUT2D eigenvalue weighted by atomic mass is 10.1. The number of hydrogen-bond donors (Lipinski definition) is 1. The molecule has 104 valence electrons. The van der Waals surface area contributed by atoms with Crippen LogP contribution in [0.3, 0.4) is 0 Å². The van der Waals surface area contributed by atoms with E-state index in [9.17, 15) is 4.79 Å². The Labute approximate surface area is 118 Å². The molecule has 20 heavy (non-hydrogen) atoms. The summed E-state index contributed by atoms with van der Waals surface area (Å²) in [4.78, 5) is 16.0. The van der Waals surface area contributed by atoms with Crippen molar-refractivity contribution in [1.29, 1.82) is 0 Å². The Hall–Kier alpha value is -2.36. The van der Waals surface area contributed by atoms with Crippen molar-refractivity contribution in [1.82, 2.24) is 4.98 Å². The van der Waals surface area contributed by atoms with E-state index in [2.05, 4.69) is 17.2 Å². The van der Waals surface area contributed by atoms with E-state index in [1.54, 1.807) is 31.5 Å². The molecule has 1 heterocycles. The van der Waals surface area contributed by atoms with Gasteiger partial charge < -0.3 is 10.1 Å². The maximum Gasteiger partial charge on any atom is 0.265 e. The van der Waals surface area contributed by atoms with E-state index in [1.807, 2.05) is 24.3 Å². The number of aromatic nitrogens is 1. The average molecular weight is 270 g/mol. The molecule has 2 rings (SSSR count). The van der Waals surface area contributed by atoms with Crippen molar-refractivity contribution in [2.75, 3.05) is 5.32 Å². The van der Waals surface area contributed by atoms with Gasteiger partial charge in [0, 0.05) is 6.20 Å². The van der Waals surface area contributed by atoms with Crippen molar-refractivity contribution in [3.8, 4) is 5.75 Å². The zero-order valence-corrected chi connectivity index (χ0v) is 11.7. The van der Waals surface area contributed by atoms with E-state index in [4.69, 9.17) is 4.74 Å². The number of para-hydroxylation sites is 1. The van der Waals surface area contributed by atoms with Gasteiger partial charge >= 0.3 is 0 Å². The fraction of sp³-hybridized carbons (Fsp3) is 0.250. The molecule has 1 unspecified atom stereocenters. The molecule has 1 N–H and O–H groups in total. The van der Waals surface area contributed by atoms with Crippen LogP contribution in [0, 0.1) is 0 Å². The summed E-state index contributed by atoms with van der Waals surface area (Å²) in [5, 5.41) is 2.77. The SMILES string of the molecule is CCc1ccccc1OC(C)C(=O)Nc1cccnc1. The van der Waals surface area contributed by atoms with E-state index >= 15 is 0 Å². The number of anilines is 1. The Morgan fingerprint density at radius 1 is 1.30 bits per heavy atom. The second-order valence-corrected chi connectivity index (χ2v) is 4.45. The fourth-order valence-electron chi connectivity index (χ4n) is 1.84. The molecule has 0 radical (unpaired) electrons. The topological polar surface area (TPSA) is 51.2 Å². The molecule has 0 saturated carbocycles. The molecule has 1 aromatic heterocycles. The zero-order valence-electron chi connectivity index (χ0n) is 11.7. The largest absolute Gasteiger partial charge is 0.481 e. The van der Waals surface area contributed by atoms with Crippen LogP contribution in [-0.2, 0) is 11.2 Å². The minimum Gasteiger partial charge on any atom is -0.481 e. The lowest BCUT2D eigenvalue weighted by molar-refractivity contribution is -0.122. The van der Waals surface area contributed by atoms with Crippen molar-refractivity contribution in [3.05, 3.63) is 54.4 Å². The van der Waals surface area contributed by atoms with Crippen LogP contribution in [-0.4, -0.2) is 17.0 Å². The minimum absolute atomic E-state index is 0.191. The van der Waals surface area contributed by atoms with Gasteiger partial charge in [0.15, 0.2) is 6.10 Å². The third-order valence-corrected chi connectivity index (χ3v) is 2.96. The number of pyridine rings is 1. The molecule has 0 aliphatic carbocycles. The summed E-state index contributed by atoms with van der Waals surface area (Å²) in [6.45, 7) is 3.79. The Balaban J connectivity index is 2.01. The molecule has 1 amide bonds. The molecule has 1 atom stereocenters. The number of nitrogens with zero attached hydrogens (tertiary/aromatic N) is 1. The second-order valence-electron chi connectivity index (χ2n) is 4.45. The lowest BCUT2D eigenvalue weighted by Crippen LogP contribution is -2.30.